The molecule has 1 atom stereocenters. The van der Waals surface area contributed by atoms with Crippen molar-refractivity contribution in [1.82, 2.24) is 14.7 Å². The summed E-state index contributed by atoms with van der Waals surface area (Å²) in [7, 11) is 0. The Balaban J connectivity index is 1.26. The van der Waals surface area contributed by atoms with Crippen LogP contribution in [0.25, 0.3) is 0 Å². The number of hydrogen-bond donors (Lipinski definition) is 1. The van der Waals surface area contributed by atoms with Crippen LogP contribution >= 0.6 is 0 Å². The molecule has 2 saturated heterocycles. The summed E-state index contributed by atoms with van der Waals surface area (Å²) in [4.78, 5) is 29.9. The van der Waals surface area contributed by atoms with Crippen LogP contribution in [0.15, 0.2) is 18.2 Å². The van der Waals surface area contributed by atoms with Crippen molar-refractivity contribution in [3.05, 3.63) is 29.3 Å². The van der Waals surface area contributed by atoms with Crippen LogP contribution in [-0.4, -0.2) is 83.6 Å². The van der Waals surface area contributed by atoms with Gasteiger partial charge >= 0.3 is 5.97 Å². The van der Waals surface area contributed by atoms with Crippen molar-refractivity contribution < 1.29 is 19.4 Å². The Morgan fingerprint density at radius 2 is 1.96 bits per heavy atom. The molecule has 3 heterocycles. The number of likely N-dealkylation sites (tertiary alicyclic amines) is 1. The van der Waals surface area contributed by atoms with Gasteiger partial charge in [0.2, 0.25) is 5.91 Å². The monoisotopic (exact) mass is 373 g/mol. The number of ether oxygens (including phenoxy) is 1. The molecule has 2 fully saturated rings. The van der Waals surface area contributed by atoms with Gasteiger partial charge in [-0.1, -0.05) is 12.1 Å². The highest BCUT2D eigenvalue weighted by Gasteiger charge is 2.33. The predicted molar refractivity (Wildman–Crippen MR) is 99.7 cm³/mol. The van der Waals surface area contributed by atoms with E-state index >= 15 is 0 Å². The third-order valence-corrected chi connectivity index (χ3v) is 5.87. The zero-order valence-corrected chi connectivity index (χ0v) is 15.6. The number of carbonyl (C=O) groups excluding carboxylic acids is 1. The molecule has 1 amide bonds. The average Bonchev–Trinajstić information content (AvgIpc) is 3.31. The lowest BCUT2D eigenvalue weighted by atomic mass is 10.1. The summed E-state index contributed by atoms with van der Waals surface area (Å²) in [6.07, 6.45) is 2.48. The van der Waals surface area contributed by atoms with E-state index in [0.717, 1.165) is 44.8 Å². The van der Waals surface area contributed by atoms with Gasteiger partial charge in [0.1, 0.15) is 11.8 Å². The van der Waals surface area contributed by atoms with Gasteiger partial charge < -0.3 is 14.7 Å². The van der Waals surface area contributed by atoms with Crippen LogP contribution in [-0.2, 0) is 22.6 Å². The van der Waals surface area contributed by atoms with Crippen molar-refractivity contribution in [1.29, 1.82) is 0 Å². The second-order valence-corrected chi connectivity index (χ2v) is 7.66. The first-order valence-electron chi connectivity index (χ1n) is 9.82. The number of aliphatic carboxylic acids is 1. The number of nitrogens with zero attached hydrogens (tertiary/aromatic N) is 3. The molecule has 3 aliphatic heterocycles. The lowest BCUT2D eigenvalue weighted by Gasteiger charge is -2.36. The highest BCUT2D eigenvalue weighted by atomic mass is 16.5. The van der Waals surface area contributed by atoms with Crippen LogP contribution in [0.2, 0.25) is 0 Å². The largest absolute Gasteiger partial charge is 0.493 e. The van der Waals surface area contributed by atoms with Gasteiger partial charge in [0.05, 0.1) is 13.2 Å². The zero-order chi connectivity index (χ0) is 18.8. The molecule has 0 aliphatic carbocycles. The van der Waals surface area contributed by atoms with Gasteiger partial charge in [-0.05, 0) is 36.6 Å². The van der Waals surface area contributed by atoms with Crippen molar-refractivity contribution in [2.45, 2.75) is 31.8 Å². The first kappa shape index (κ1) is 18.3. The number of carboxylic acid groups (broad SMARTS) is 1. The van der Waals surface area contributed by atoms with Gasteiger partial charge in [-0.2, -0.15) is 0 Å². The average molecular weight is 373 g/mol. The summed E-state index contributed by atoms with van der Waals surface area (Å²) in [6.45, 7) is 5.70. The van der Waals surface area contributed by atoms with Gasteiger partial charge in [0, 0.05) is 39.1 Å². The van der Waals surface area contributed by atoms with Crippen LogP contribution in [0.5, 0.6) is 5.75 Å². The fourth-order valence-electron chi connectivity index (χ4n) is 4.32. The van der Waals surface area contributed by atoms with Crippen molar-refractivity contribution >= 4 is 11.9 Å². The molecular weight excluding hydrogens is 346 g/mol. The minimum Gasteiger partial charge on any atom is -0.493 e. The number of hydrogen-bond acceptors (Lipinski definition) is 5. The van der Waals surface area contributed by atoms with E-state index in [0.29, 0.717) is 26.1 Å². The summed E-state index contributed by atoms with van der Waals surface area (Å²) in [5.74, 6) is 0.248. The zero-order valence-electron chi connectivity index (χ0n) is 15.6. The molecule has 0 bridgehead atoms. The molecule has 1 unspecified atom stereocenters. The molecule has 27 heavy (non-hydrogen) atoms. The second-order valence-electron chi connectivity index (χ2n) is 7.66. The van der Waals surface area contributed by atoms with E-state index in [4.69, 9.17) is 4.74 Å². The highest BCUT2D eigenvalue weighted by Crippen LogP contribution is 2.26. The molecule has 1 N–H and O–H groups in total. The molecule has 0 aromatic heterocycles. The van der Waals surface area contributed by atoms with Gasteiger partial charge in [-0.3, -0.25) is 19.4 Å². The third kappa shape index (κ3) is 4.09. The van der Waals surface area contributed by atoms with Gasteiger partial charge in [0.25, 0.3) is 0 Å². The number of carboxylic acids is 1. The Morgan fingerprint density at radius 1 is 1.15 bits per heavy atom. The van der Waals surface area contributed by atoms with Crippen LogP contribution in [0.3, 0.4) is 0 Å². The normalized spacial score (nSPS) is 23.3. The molecule has 1 aromatic carbocycles. The molecule has 7 nitrogen and oxygen atoms in total. The Labute approximate surface area is 159 Å². The first-order chi connectivity index (χ1) is 13.1. The molecule has 3 aliphatic rings. The summed E-state index contributed by atoms with van der Waals surface area (Å²) in [6, 6.07) is 5.92. The summed E-state index contributed by atoms with van der Waals surface area (Å²) < 4.78 is 5.56. The van der Waals surface area contributed by atoms with E-state index in [1.54, 1.807) is 0 Å². The molecule has 1 aromatic rings. The van der Waals surface area contributed by atoms with Crippen LogP contribution in [0.1, 0.15) is 24.0 Å². The number of carbonyl (C=O) groups is 2. The molecule has 7 heteroatoms. The summed E-state index contributed by atoms with van der Waals surface area (Å²) >= 11 is 0. The maximum atomic E-state index is 12.6. The number of benzene rings is 1. The Morgan fingerprint density at radius 3 is 2.74 bits per heavy atom. The van der Waals surface area contributed by atoms with E-state index < -0.39 is 12.0 Å². The number of fused-ring (bicyclic) bond motifs is 1. The molecule has 146 valence electrons. The van der Waals surface area contributed by atoms with Crippen LogP contribution < -0.4 is 4.74 Å². The minimum atomic E-state index is -0.815. The smallest absolute Gasteiger partial charge is 0.320 e. The minimum absolute atomic E-state index is 0.0532. The quantitative estimate of drug-likeness (QED) is 0.824. The van der Waals surface area contributed by atoms with E-state index in [1.807, 2.05) is 9.80 Å². The van der Waals surface area contributed by atoms with E-state index in [1.165, 1.54) is 11.1 Å². The van der Waals surface area contributed by atoms with Crippen molar-refractivity contribution in [2.75, 3.05) is 45.9 Å². The molecule has 0 spiro atoms. The SMILES string of the molecule is O=C(O)C1CCCN1CC(=O)N1CCN(Cc2ccc3c(c2)CCO3)CC1. The topological polar surface area (TPSA) is 73.3 Å². The highest BCUT2D eigenvalue weighted by molar-refractivity contribution is 5.80. The standard InChI is InChI=1S/C20H27N3O4/c24-19(14-23-6-1-2-17(23)20(25)26)22-9-7-21(8-10-22)13-15-3-4-18-16(12-15)5-11-27-18/h3-4,12,17H,1-2,5-11,13-14H2,(H,25,26). The number of piperazine rings is 1. The maximum absolute atomic E-state index is 12.6. The summed E-state index contributed by atoms with van der Waals surface area (Å²) in [5, 5.41) is 9.26. The lowest BCUT2D eigenvalue weighted by molar-refractivity contribution is -0.143. The summed E-state index contributed by atoms with van der Waals surface area (Å²) in [5.41, 5.74) is 2.58. The molecule has 0 saturated carbocycles. The Hall–Kier alpha value is -2.12. The van der Waals surface area contributed by atoms with Crippen LogP contribution in [0, 0.1) is 0 Å². The maximum Gasteiger partial charge on any atom is 0.320 e. The van der Waals surface area contributed by atoms with Crippen molar-refractivity contribution in [2.24, 2.45) is 0 Å². The molecular formula is C20H27N3O4. The van der Waals surface area contributed by atoms with E-state index in [-0.39, 0.29) is 12.5 Å². The predicted octanol–water partition coefficient (Wildman–Crippen LogP) is 0.815. The van der Waals surface area contributed by atoms with Gasteiger partial charge in [-0.15, -0.1) is 0 Å². The Bertz CT molecular complexity index is 715. The Kier molecular flexibility index (Phi) is 5.31. The second kappa shape index (κ2) is 7.86. The molecule has 0 radical (unpaired) electrons. The fraction of sp³-hybridized carbons (Fsp3) is 0.600. The first-order valence-corrected chi connectivity index (χ1v) is 9.82. The van der Waals surface area contributed by atoms with Gasteiger partial charge in [-0.25, -0.2) is 0 Å². The lowest BCUT2D eigenvalue weighted by Crippen LogP contribution is -2.51. The molecule has 4 rings (SSSR count). The number of rotatable bonds is 5. The third-order valence-electron chi connectivity index (χ3n) is 5.87. The van der Waals surface area contributed by atoms with E-state index in [9.17, 15) is 14.7 Å². The van der Waals surface area contributed by atoms with Crippen molar-refractivity contribution in [3.8, 4) is 5.75 Å². The van der Waals surface area contributed by atoms with E-state index in [2.05, 4.69) is 23.1 Å². The van der Waals surface area contributed by atoms with Crippen LogP contribution in [0.4, 0.5) is 0 Å². The van der Waals surface area contributed by atoms with Gasteiger partial charge in [0.15, 0.2) is 0 Å². The van der Waals surface area contributed by atoms with Crippen molar-refractivity contribution in [3.63, 3.8) is 0 Å². The number of amides is 1. The fourth-order valence-corrected chi connectivity index (χ4v) is 4.32.